The standard InChI is InChI=1S/C26H26ClN3O3/c1-29(16-17-33-23-15-9-8-14-22(23)27)19-30-24(31)26(28-25(30)32,21-12-6-3-7-13-21)18-20-10-4-2-5-11-20/h2-15H,16-19H2,1H3,(H,28,32). The quantitative estimate of drug-likeness (QED) is 0.481. The summed E-state index contributed by atoms with van der Waals surface area (Å²) in [5.74, 6) is 0.343. The fourth-order valence-corrected chi connectivity index (χ4v) is 4.17. The molecule has 1 heterocycles. The Morgan fingerprint density at radius 1 is 0.939 bits per heavy atom. The first kappa shape index (κ1) is 22.8. The van der Waals surface area contributed by atoms with Gasteiger partial charge in [-0.1, -0.05) is 84.4 Å². The van der Waals surface area contributed by atoms with Gasteiger partial charge in [0.05, 0.1) is 11.7 Å². The number of carbonyl (C=O) groups is 2. The molecule has 7 heteroatoms. The van der Waals surface area contributed by atoms with Gasteiger partial charge in [0.25, 0.3) is 5.91 Å². The van der Waals surface area contributed by atoms with Crippen molar-refractivity contribution in [2.75, 3.05) is 26.9 Å². The molecule has 33 heavy (non-hydrogen) atoms. The lowest BCUT2D eigenvalue weighted by Gasteiger charge is -2.28. The Balaban J connectivity index is 1.47. The first-order chi connectivity index (χ1) is 16.0. The highest BCUT2D eigenvalue weighted by Crippen LogP contribution is 2.33. The topological polar surface area (TPSA) is 61.9 Å². The molecule has 0 aromatic heterocycles. The number of halogens is 1. The van der Waals surface area contributed by atoms with Crippen LogP contribution in [0.2, 0.25) is 5.02 Å². The maximum absolute atomic E-state index is 13.7. The van der Waals surface area contributed by atoms with Crippen LogP contribution in [-0.4, -0.2) is 48.6 Å². The van der Waals surface area contributed by atoms with Gasteiger partial charge in [-0.05, 0) is 30.3 Å². The molecule has 3 aromatic rings. The highest BCUT2D eigenvalue weighted by molar-refractivity contribution is 6.32. The zero-order valence-electron chi connectivity index (χ0n) is 18.4. The van der Waals surface area contributed by atoms with Crippen LogP contribution in [-0.2, 0) is 16.8 Å². The zero-order valence-corrected chi connectivity index (χ0v) is 19.2. The van der Waals surface area contributed by atoms with E-state index in [1.54, 1.807) is 12.1 Å². The fourth-order valence-electron chi connectivity index (χ4n) is 3.98. The van der Waals surface area contributed by atoms with Gasteiger partial charge >= 0.3 is 6.03 Å². The number of imide groups is 1. The van der Waals surface area contributed by atoms with Gasteiger partial charge in [0.15, 0.2) is 5.54 Å². The number of rotatable bonds is 9. The lowest BCUT2D eigenvalue weighted by atomic mass is 9.83. The molecular weight excluding hydrogens is 438 g/mol. The highest BCUT2D eigenvalue weighted by Gasteiger charge is 2.52. The van der Waals surface area contributed by atoms with Crippen molar-refractivity contribution < 1.29 is 14.3 Å². The summed E-state index contributed by atoms with van der Waals surface area (Å²) in [6.07, 6.45) is 0.373. The first-order valence-electron chi connectivity index (χ1n) is 10.8. The third-order valence-electron chi connectivity index (χ3n) is 5.70. The summed E-state index contributed by atoms with van der Waals surface area (Å²) in [6, 6.07) is 26.0. The van der Waals surface area contributed by atoms with Gasteiger partial charge in [-0.15, -0.1) is 0 Å². The molecular formula is C26H26ClN3O3. The summed E-state index contributed by atoms with van der Waals surface area (Å²) in [7, 11) is 1.84. The SMILES string of the molecule is CN(CCOc1ccccc1Cl)CN1C(=O)NC(Cc2ccccc2)(c2ccccc2)C1=O. The summed E-state index contributed by atoms with van der Waals surface area (Å²) >= 11 is 6.13. The van der Waals surface area contributed by atoms with Crippen molar-refractivity contribution in [1.82, 2.24) is 15.1 Å². The average molecular weight is 464 g/mol. The summed E-state index contributed by atoms with van der Waals surface area (Å²) in [6.45, 7) is 1.04. The van der Waals surface area contributed by atoms with Crippen LogP contribution in [0.15, 0.2) is 84.9 Å². The number of benzene rings is 3. The summed E-state index contributed by atoms with van der Waals surface area (Å²) in [5, 5.41) is 3.53. The van der Waals surface area contributed by atoms with Gasteiger partial charge in [-0.3, -0.25) is 9.69 Å². The monoisotopic (exact) mass is 463 g/mol. The van der Waals surface area contributed by atoms with E-state index in [4.69, 9.17) is 16.3 Å². The maximum Gasteiger partial charge on any atom is 0.326 e. The molecule has 1 aliphatic heterocycles. The van der Waals surface area contributed by atoms with Crippen molar-refractivity contribution >= 4 is 23.5 Å². The number of para-hydroxylation sites is 1. The number of ether oxygens (including phenoxy) is 1. The number of amides is 3. The van der Waals surface area contributed by atoms with Crippen molar-refractivity contribution in [3.63, 3.8) is 0 Å². The zero-order chi connectivity index (χ0) is 23.3. The predicted octanol–water partition coefficient (Wildman–Crippen LogP) is 4.30. The molecule has 0 spiro atoms. The van der Waals surface area contributed by atoms with Crippen LogP contribution in [0.3, 0.4) is 0 Å². The van der Waals surface area contributed by atoms with Crippen molar-refractivity contribution in [3.8, 4) is 5.75 Å². The van der Waals surface area contributed by atoms with Gasteiger partial charge in [0.1, 0.15) is 12.4 Å². The second-order valence-corrected chi connectivity index (χ2v) is 8.50. The van der Waals surface area contributed by atoms with E-state index in [9.17, 15) is 9.59 Å². The Morgan fingerprint density at radius 2 is 1.58 bits per heavy atom. The van der Waals surface area contributed by atoms with Gasteiger partial charge in [-0.25, -0.2) is 9.69 Å². The molecule has 1 N–H and O–H groups in total. The summed E-state index contributed by atoms with van der Waals surface area (Å²) in [5.41, 5.74) is 0.590. The maximum atomic E-state index is 13.7. The average Bonchev–Trinajstić information content (AvgIpc) is 3.06. The molecule has 170 valence electrons. The van der Waals surface area contributed by atoms with Crippen LogP contribution in [0.1, 0.15) is 11.1 Å². The van der Waals surface area contributed by atoms with Crippen molar-refractivity contribution in [2.24, 2.45) is 0 Å². The molecule has 4 rings (SSSR count). The van der Waals surface area contributed by atoms with Crippen LogP contribution in [0, 0.1) is 0 Å². The number of nitrogens with zero attached hydrogens (tertiary/aromatic N) is 2. The lowest BCUT2D eigenvalue weighted by molar-refractivity contribution is -0.133. The second-order valence-electron chi connectivity index (χ2n) is 8.10. The van der Waals surface area contributed by atoms with Crippen LogP contribution in [0.4, 0.5) is 4.79 Å². The molecule has 1 unspecified atom stereocenters. The Morgan fingerprint density at radius 3 is 2.27 bits per heavy atom. The van der Waals surface area contributed by atoms with Crippen molar-refractivity contribution in [2.45, 2.75) is 12.0 Å². The van der Waals surface area contributed by atoms with Gasteiger partial charge in [-0.2, -0.15) is 0 Å². The number of carbonyl (C=O) groups excluding carboxylic acids is 2. The minimum Gasteiger partial charge on any atom is -0.491 e. The van der Waals surface area contributed by atoms with E-state index in [0.717, 1.165) is 11.1 Å². The van der Waals surface area contributed by atoms with E-state index in [-0.39, 0.29) is 12.6 Å². The van der Waals surface area contributed by atoms with E-state index in [0.29, 0.717) is 30.3 Å². The van der Waals surface area contributed by atoms with Gasteiger partial charge in [0, 0.05) is 13.0 Å². The van der Waals surface area contributed by atoms with E-state index in [1.807, 2.05) is 84.7 Å². The van der Waals surface area contributed by atoms with E-state index >= 15 is 0 Å². The predicted molar refractivity (Wildman–Crippen MR) is 128 cm³/mol. The minimum atomic E-state index is -1.14. The van der Waals surface area contributed by atoms with Crippen molar-refractivity contribution in [1.29, 1.82) is 0 Å². The van der Waals surface area contributed by atoms with E-state index in [2.05, 4.69) is 5.32 Å². The Kier molecular flexibility index (Phi) is 6.96. The van der Waals surface area contributed by atoms with Crippen LogP contribution in [0.5, 0.6) is 5.75 Å². The third-order valence-corrected chi connectivity index (χ3v) is 6.02. The second kappa shape index (κ2) is 10.1. The molecule has 0 aliphatic carbocycles. The molecule has 3 amide bonds. The molecule has 1 aliphatic rings. The van der Waals surface area contributed by atoms with Crippen LogP contribution < -0.4 is 10.1 Å². The normalized spacial score (nSPS) is 18.0. The van der Waals surface area contributed by atoms with E-state index in [1.165, 1.54) is 4.90 Å². The highest BCUT2D eigenvalue weighted by atomic mass is 35.5. The molecule has 3 aromatic carbocycles. The number of likely N-dealkylation sites (N-methyl/N-ethyl adjacent to an activating group) is 1. The number of hydrogen-bond acceptors (Lipinski definition) is 4. The lowest BCUT2D eigenvalue weighted by Crippen LogP contribution is -2.47. The van der Waals surface area contributed by atoms with Gasteiger partial charge in [0.2, 0.25) is 0 Å². The molecule has 6 nitrogen and oxygen atoms in total. The molecule has 0 saturated carbocycles. The van der Waals surface area contributed by atoms with Crippen molar-refractivity contribution in [3.05, 3.63) is 101 Å². The van der Waals surface area contributed by atoms with Crippen LogP contribution >= 0.6 is 11.6 Å². The Hall–Kier alpha value is -3.35. The van der Waals surface area contributed by atoms with E-state index < -0.39 is 11.6 Å². The number of nitrogens with one attached hydrogen (secondary N) is 1. The molecule has 1 saturated heterocycles. The molecule has 0 radical (unpaired) electrons. The smallest absolute Gasteiger partial charge is 0.326 e. The molecule has 1 atom stereocenters. The fraction of sp³-hybridized carbons (Fsp3) is 0.231. The molecule has 1 fully saturated rings. The number of hydrogen-bond donors (Lipinski definition) is 1. The largest absolute Gasteiger partial charge is 0.491 e. The molecule has 0 bridgehead atoms. The number of urea groups is 1. The van der Waals surface area contributed by atoms with Crippen LogP contribution in [0.25, 0.3) is 0 Å². The Bertz CT molecular complexity index is 1110. The summed E-state index contributed by atoms with van der Waals surface area (Å²) in [4.78, 5) is 29.8. The van der Waals surface area contributed by atoms with Gasteiger partial charge < -0.3 is 10.1 Å². The first-order valence-corrected chi connectivity index (χ1v) is 11.2. The minimum absolute atomic E-state index is 0.153. The summed E-state index contributed by atoms with van der Waals surface area (Å²) < 4.78 is 5.74. The Labute approximate surface area is 198 Å². The third kappa shape index (κ3) is 5.02.